The molecule has 0 aliphatic carbocycles. The van der Waals surface area contributed by atoms with Gasteiger partial charge in [-0.15, -0.1) is 0 Å². The van der Waals surface area contributed by atoms with Crippen LogP contribution in [0.15, 0.2) is 44.1 Å². The molecular formula is C11H6Br2O2. The maximum absolute atomic E-state index is 11.9. The van der Waals surface area contributed by atoms with Crippen LogP contribution in [0.25, 0.3) is 10.8 Å². The van der Waals surface area contributed by atoms with Crippen LogP contribution in [0.4, 0.5) is 0 Å². The Morgan fingerprint density at radius 1 is 1.00 bits per heavy atom. The first-order valence-electron chi connectivity index (χ1n) is 4.21. The fourth-order valence-corrected chi connectivity index (χ4v) is 2.26. The summed E-state index contributed by atoms with van der Waals surface area (Å²) in [5, 5.41) is 10.9. The van der Waals surface area contributed by atoms with Crippen molar-refractivity contribution in [1.82, 2.24) is 0 Å². The zero-order valence-corrected chi connectivity index (χ0v) is 10.7. The molecule has 4 heteroatoms. The van der Waals surface area contributed by atoms with Crippen LogP contribution in [0.1, 0.15) is 0 Å². The summed E-state index contributed by atoms with van der Waals surface area (Å²) in [6.07, 6.45) is 0. The highest BCUT2D eigenvalue weighted by molar-refractivity contribution is 9.11. The lowest BCUT2D eigenvalue weighted by molar-refractivity contribution is 0.468. The van der Waals surface area contributed by atoms with Crippen molar-refractivity contribution in [3.63, 3.8) is 0 Å². The molecule has 0 heterocycles. The van der Waals surface area contributed by atoms with Gasteiger partial charge in [-0.1, -0.05) is 34.1 Å². The van der Waals surface area contributed by atoms with Crippen LogP contribution in [0, 0.1) is 0 Å². The molecule has 0 atom stereocenters. The molecule has 76 valence electrons. The van der Waals surface area contributed by atoms with E-state index in [0.29, 0.717) is 14.3 Å². The van der Waals surface area contributed by atoms with Crippen molar-refractivity contribution in [1.29, 1.82) is 0 Å². The Hall–Kier alpha value is -0.870. The number of benzene rings is 1. The van der Waals surface area contributed by atoms with E-state index in [-0.39, 0.29) is 11.2 Å². The topological polar surface area (TPSA) is 37.3 Å². The van der Waals surface area contributed by atoms with Gasteiger partial charge in [0, 0.05) is 9.86 Å². The summed E-state index contributed by atoms with van der Waals surface area (Å²) in [7, 11) is 0. The molecule has 0 saturated carbocycles. The molecule has 0 aliphatic heterocycles. The van der Waals surface area contributed by atoms with Gasteiger partial charge in [0.1, 0.15) is 0 Å². The van der Waals surface area contributed by atoms with Gasteiger partial charge < -0.3 is 5.11 Å². The maximum atomic E-state index is 11.9. The van der Waals surface area contributed by atoms with E-state index >= 15 is 0 Å². The van der Waals surface area contributed by atoms with Crippen molar-refractivity contribution in [2.24, 2.45) is 0 Å². The molecule has 0 amide bonds. The van der Waals surface area contributed by atoms with E-state index in [2.05, 4.69) is 31.9 Å². The smallest absolute Gasteiger partial charge is 0.230 e. The fraction of sp³-hybridized carbons (Fsp3) is 0. The summed E-state index contributed by atoms with van der Waals surface area (Å²) in [5.41, 5.74) is -0.380. The van der Waals surface area contributed by atoms with E-state index in [1.165, 1.54) is 0 Å². The second kappa shape index (κ2) is 3.94. The van der Waals surface area contributed by atoms with Crippen LogP contribution < -0.4 is 5.43 Å². The molecule has 0 unspecified atom stereocenters. The lowest BCUT2D eigenvalue weighted by Gasteiger charge is -1.94. The van der Waals surface area contributed by atoms with Crippen molar-refractivity contribution >= 4 is 42.6 Å². The first-order valence-corrected chi connectivity index (χ1v) is 5.80. The summed E-state index contributed by atoms with van der Waals surface area (Å²) < 4.78 is 1.08. The lowest BCUT2D eigenvalue weighted by atomic mass is 10.2. The summed E-state index contributed by atoms with van der Waals surface area (Å²) >= 11 is 6.44. The molecule has 0 fully saturated rings. The molecule has 2 aromatic rings. The molecule has 0 saturated heterocycles. The third kappa shape index (κ3) is 1.79. The van der Waals surface area contributed by atoms with E-state index in [4.69, 9.17) is 0 Å². The number of fused-ring (bicyclic) bond motifs is 1. The molecule has 2 aromatic carbocycles. The SMILES string of the molecule is O=c1c(O)c(Br)ccc2cccc(Br)c12. The molecule has 0 bridgehead atoms. The van der Waals surface area contributed by atoms with Gasteiger partial charge >= 0.3 is 0 Å². The predicted molar refractivity (Wildman–Crippen MR) is 67.3 cm³/mol. The van der Waals surface area contributed by atoms with E-state index in [1.807, 2.05) is 12.1 Å². The van der Waals surface area contributed by atoms with Crippen LogP contribution >= 0.6 is 31.9 Å². The predicted octanol–water partition coefficient (Wildman–Crippen LogP) is 3.43. The van der Waals surface area contributed by atoms with Crippen molar-refractivity contribution in [3.05, 3.63) is 49.5 Å². The average Bonchev–Trinajstić information content (AvgIpc) is 2.32. The van der Waals surface area contributed by atoms with Crippen LogP contribution in [-0.4, -0.2) is 5.11 Å². The maximum Gasteiger partial charge on any atom is 0.230 e. The molecule has 0 spiro atoms. The Balaban J connectivity index is 3.13. The molecule has 2 nitrogen and oxygen atoms in total. The van der Waals surface area contributed by atoms with Gasteiger partial charge in [0.25, 0.3) is 0 Å². The molecular weight excluding hydrogens is 324 g/mol. The van der Waals surface area contributed by atoms with E-state index in [1.54, 1.807) is 18.2 Å². The normalized spacial score (nSPS) is 10.5. The third-order valence-electron chi connectivity index (χ3n) is 2.12. The summed E-state index contributed by atoms with van der Waals surface area (Å²) in [6.45, 7) is 0. The zero-order chi connectivity index (χ0) is 11.0. The Labute approximate surface area is 103 Å². The number of hydrogen-bond acceptors (Lipinski definition) is 2. The van der Waals surface area contributed by atoms with Gasteiger partial charge in [0.05, 0.1) is 4.47 Å². The summed E-state index contributed by atoms with van der Waals surface area (Å²) in [6, 6.07) is 8.89. The van der Waals surface area contributed by atoms with Crippen molar-refractivity contribution in [2.75, 3.05) is 0 Å². The first kappa shape index (κ1) is 10.6. The summed E-state index contributed by atoms with van der Waals surface area (Å²) in [4.78, 5) is 11.9. The largest absolute Gasteiger partial charge is 0.503 e. The van der Waals surface area contributed by atoms with Gasteiger partial charge in [-0.05, 0) is 33.4 Å². The summed E-state index contributed by atoms with van der Waals surface area (Å²) in [5.74, 6) is -0.267. The first-order chi connectivity index (χ1) is 7.11. The van der Waals surface area contributed by atoms with E-state index < -0.39 is 0 Å². The number of hydrogen-bond donors (Lipinski definition) is 1. The van der Waals surface area contributed by atoms with Crippen molar-refractivity contribution in [3.8, 4) is 5.75 Å². The van der Waals surface area contributed by atoms with Gasteiger partial charge in [-0.3, -0.25) is 4.79 Å². The monoisotopic (exact) mass is 328 g/mol. The van der Waals surface area contributed by atoms with Gasteiger partial charge in [0.15, 0.2) is 5.75 Å². The highest BCUT2D eigenvalue weighted by Gasteiger charge is 2.07. The second-order valence-corrected chi connectivity index (χ2v) is 4.77. The van der Waals surface area contributed by atoms with E-state index in [9.17, 15) is 9.90 Å². The minimum absolute atomic E-state index is 0.267. The Bertz CT molecular complexity index is 594. The molecule has 0 radical (unpaired) electrons. The third-order valence-corrected chi connectivity index (χ3v) is 3.42. The highest BCUT2D eigenvalue weighted by Crippen LogP contribution is 2.25. The quantitative estimate of drug-likeness (QED) is 0.804. The Morgan fingerprint density at radius 3 is 2.47 bits per heavy atom. The van der Waals surface area contributed by atoms with Gasteiger partial charge in [-0.25, -0.2) is 0 Å². The molecule has 2 rings (SSSR count). The second-order valence-electron chi connectivity index (χ2n) is 3.06. The van der Waals surface area contributed by atoms with Crippen LogP contribution in [0.2, 0.25) is 0 Å². The standard InChI is InChI=1S/C11H6Br2O2/c12-7-3-1-2-6-4-5-8(13)10(14)11(15)9(6)7/h1-5H,(H,14,15). The Morgan fingerprint density at radius 2 is 1.73 bits per heavy atom. The number of aromatic hydroxyl groups is 1. The molecule has 15 heavy (non-hydrogen) atoms. The van der Waals surface area contributed by atoms with Gasteiger partial charge in [0.2, 0.25) is 5.43 Å². The van der Waals surface area contributed by atoms with Crippen LogP contribution in [0.5, 0.6) is 5.75 Å². The molecule has 0 aliphatic rings. The average molecular weight is 330 g/mol. The zero-order valence-electron chi connectivity index (χ0n) is 7.50. The minimum Gasteiger partial charge on any atom is -0.503 e. The van der Waals surface area contributed by atoms with Crippen LogP contribution in [-0.2, 0) is 0 Å². The van der Waals surface area contributed by atoms with Gasteiger partial charge in [-0.2, -0.15) is 0 Å². The number of rotatable bonds is 0. The lowest BCUT2D eigenvalue weighted by Crippen LogP contribution is -1.98. The number of halogens is 2. The highest BCUT2D eigenvalue weighted by atomic mass is 79.9. The minimum atomic E-state index is -0.380. The molecule has 1 N–H and O–H groups in total. The van der Waals surface area contributed by atoms with Crippen molar-refractivity contribution < 1.29 is 5.11 Å². The van der Waals surface area contributed by atoms with Crippen LogP contribution in [0.3, 0.4) is 0 Å². The molecule has 0 aromatic heterocycles. The Kier molecular flexibility index (Phi) is 2.80. The van der Waals surface area contributed by atoms with Crippen molar-refractivity contribution in [2.45, 2.75) is 0 Å². The van der Waals surface area contributed by atoms with E-state index in [0.717, 1.165) is 5.39 Å². The fourth-order valence-electron chi connectivity index (χ4n) is 1.39.